The van der Waals surface area contributed by atoms with E-state index < -0.39 is 11.5 Å². The first-order valence-corrected chi connectivity index (χ1v) is 6.19. The van der Waals surface area contributed by atoms with Crippen LogP contribution in [0.4, 0.5) is 0 Å². The first-order valence-electron chi connectivity index (χ1n) is 6.19. The Kier molecular flexibility index (Phi) is 7.34. The van der Waals surface area contributed by atoms with Gasteiger partial charge in [0.1, 0.15) is 5.54 Å². The average molecular weight is 230 g/mol. The number of carboxylic acids is 1. The number of carboxylic acid groups (broad SMARTS) is 1. The molecule has 0 bridgehead atoms. The number of hydrogen-bond donors (Lipinski definition) is 2. The van der Waals surface area contributed by atoms with E-state index in [-0.39, 0.29) is 0 Å². The van der Waals surface area contributed by atoms with Gasteiger partial charge in [-0.25, -0.2) is 0 Å². The van der Waals surface area contributed by atoms with Gasteiger partial charge in [-0.1, -0.05) is 20.8 Å². The Labute approximate surface area is 99.0 Å². The molecule has 16 heavy (non-hydrogen) atoms. The van der Waals surface area contributed by atoms with Crippen LogP contribution < -0.4 is 5.32 Å². The van der Waals surface area contributed by atoms with Crippen LogP contribution >= 0.6 is 0 Å². The van der Waals surface area contributed by atoms with Crippen LogP contribution in [0.25, 0.3) is 0 Å². The van der Waals surface area contributed by atoms with Crippen LogP contribution in [0.3, 0.4) is 0 Å². The molecule has 4 heteroatoms. The highest BCUT2D eigenvalue weighted by atomic mass is 16.4. The van der Waals surface area contributed by atoms with Crippen LogP contribution in [0, 0.1) is 0 Å². The molecule has 0 rings (SSSR count). The molecular weight excluding hydrogens is 204 g/mol. The fourth-order valence-corrected chi connectivity index (χ4v) is 1.87. The first kappa shape index (κ1) is 15.4. The third kappa shape index (κ3) is 4.49. The van der Waals surface area contributed by atoms with Gasteiger partial charge < -0.3 is 15.3 Å². The van der Waals surface area contributed by atoms with Crippen molar-refractivity contribution in [3.63, 3.8) is 0 Å². The maximum absolute atomic E-state index is 11.3. The molecule has 0 saturated heterocycles. The number of likely N-dealkylation sites (N-methyl/N-ethyl adjacent to an activating group) is 1. The highest BCUT2D eigenvalue weighted by Crippen LogP contribution is 2.18. The lowest BCUT2D eigenvalue weighted by molar-refractivity contribution is -0.145. The molecule has 4 nitrogen and oxygen atoms in total. The molecule has 1 atom stereocenters. The SMILES string of the molecule is CCNC(CC)(CCCN(C)CC)C(=O)O. The smallest absolute Gasteiger partial charge is 0.323 e. The maximum atomic E-state index is 11.3. The van der Waals surface area contributed by atoms with Crippen molar-refractivity contribution in [2.75, 3.05) is 26.7 Å². The number of hydrogen-bond acceptors (Lipinski definition) is 3. The minimum Gasteiger partial charge on any atom is -0.480 e. The minimum atomic E-state index is -0.733. The summed E-state index contributed by atoms with van der Waals surface area (Å²) in [6.45, 7) is 8.65. The largest absolute Gasteiger partial charge is 0.480 e. The van der Waals surface area contributed by atoms with Crippen LogP contribution in [-0.4, -0.2) is 48.2 Å². The van der Waals surface area contributed by atoms with E-state index in [2.05, 4.69) is 24.2 Å². The van der Waals surface area contributed by atoms with E-state index in [1.807, 2.05) is 13.8 Å². The molecule has 0 aromatic heterocycles. The number of nitrogens with one attached hydrogen (secondary N) is 1. The van der Waals surface area contributed by atoms with Gasteiger partial charge in [0.25, 0.3) is 0 Å². The quantitative estimate of drug-likeness (QED) is 0.631. The lowest BCUT2D eigenvalue weighted by Gasteiger charge is -2.29. The van der Waals surface area contributed by atoms with Crippen LogP contribution in [0.5, 0.6) is 0 Å². The topological polar surface area (TPSA) is 52.6 Å². The van der Waals surface area contributed by atoms with Gasteiger partial charge in [-0.3, -0.25) is 4.79 Å². The first-order chi connectivity index (χ1) is 7.52. The van der Waals surface area contributed by atoms with Crippen molar-refractivity contribution >= 4 is 5.97 Å². The summed E-state index contributed by atoms with van der Waals surface area (Å²) in [6.07, 6.45) is 2.24. The summed E-state index contributed by atoms with van der Waals surface area (Å²) in [5, 5.41) is 12.4. The molecule has 0 aromatic carbocycles. The van der Waals surface area contributed by atoms with E-state index in [0.717, 1.165) is 19.5 Å². The minimum absolute atomic E-state index is 0.631. The van der Waals surface area contributed by atoms with Gasteiger partial charge in [-0.15, -0.1) is 0 Å². The third-order valence-corrected chi connectivity index (χ3v) is 3.21. The lowest BCUT2D eigenvalue weighted by atomic mass is 9.90. The van der Waals surface area contributed by atoms with Gasteiger partial charge in [-0.05, 0) is 45.9 Å². The molecule has 2 N–H and O–H groups in total. The third-order valence-electron chi connectivity index (χ3n) is 3.21. The summed E-state index contributed by atoms with van der Waals surface area (Å²) in [4.78, 5) is 13.5. The van der Waals surface area contributed by atoms with Gasteiger partial charge in [0.15, 0.2) is 0 Å². The molecule has 0 heterocycles. The molecule has 0 aliphatic heterocycles. The zero-order chi connectivity index (χ0) is 12.6. The van der Waals surface area contributed by atoms with Crippen LogP contribution in [0.2, 0.25) is 0 Å². The van der Waals surface area contributed by atoms with Crippen molar-refractivity contribution < 1.29 is 9.90 Å². The highest BCUT2D eigenvalue weighted by molar-refractivity contribution is 5.78. The highest BCUT2D eigenvalue weighted by Gasteiger charge is 2.34. The fraction of sp³-hybridized carbons (Fsp3) is 0.917. The van der Waals surface area contributed by atoms with Crippen molar-refractivity contribution in [3.05, 3.63) is 0 Å². The Morgan fingerprint density at radius 3 is 2.38 bits per heavy atom. The van der Waals surface area contributed by atoms with E-state index in [0.29, 0.717) is 19.4 Å². The van der Waals surface area contributed by atoms with Gasteiger partial charge in [0, 0.05) is 0 Å². The standard InChI is InChI=1S/C12H26N2O2/c1-5-12(11(15)16,13-6-2)9-8-10-14(4)7-3/h13H,5-10H2,1-4H3,(H,15,16). The summed E-state index contributed by atoms with van der Waals surface area (Å²) >= 11 is 0. The van der Waals surface area contributed by atoms with Gasteiger partial charge >= 0.3 is 5.97 Å². The Morgan fingerprint density at radius 1 is 1.38 bits per heavy atom. The number of carbonyl (C=O) groups is 1. The number of aliphatic carboxylic acids is 1. The van der Waals surface area contributed by atoms with E-state index in [1.54, 1.807) is 0 Å². The molecular formula is C12H26N2O2. The second kappa shape index (κ2) is 7.63. The summed E-state index contributed by atoms with van der Waals surface area (Å²) in [6, 6.07) is 0. The fourth-order valence-electron chi connectivity index (χ4n) is 1.87. The van der Waals surface area contributed by atoms with Gasteiger partial charge in [-0.2, -0.15) is 0 Å². The average Bonchev–Trinajstić information content (AvgIpc) is 2.27. The molecule has 0 saturated carbocycles. The Bertz CT molecular complexity index is 209. The second-order valence-electron chi connectivity index (χ2n) is 4.27. The molecule has 0 amide bonds. The molecule has 96 valence electrons. The monoisotopic (exact) mass is 230 g/mol. The molecule has 0 aromatic rings. The van der Waals surface area contributed by atoms with Crippen LogP contribution in [-0.2, 0) is 4.79 Å². The summed E-state index contributed by atoms with van der Waals surface area (Å²) in [7, 11) is 2.06. The summed E-state index contributed by atoms with van der Waals surface area (Å²) in [5.74, 6) is -0.726. The Morgan fingerprint density at radius 2 is 2.00 bits per heavy atom. The van der Waals surface area contributed by atoms with E-state index in [4.69, 9.17) is 0 Å². The van der Waals surface area contributed by atoms with Crippen molar-refractivity contribution in [1.29, 1.82) is 0 Å². The molecule has 0 radical (unpaired) electrons. The van der Waals surface area contributed by atoms with Gasteiger partial charge in [0.2, 0.25) is 0 Å². The van der Waals surface area contributed by atoms with Crippen molar-refractivity contribution in [2.24, 2.45) is 0 Å². The Hall–Kier alpha value is -0.610. The van der Waals surface area contributed by atoms with Crippen molar-refractivity contribution in [2.45, 2.75) is 45.6 Å². The predicted molar refractivity (Wildman–Crippen MR) is 66.7 cm³/mol. The number of rotatable bonds is 9. The van der Waals surface area contributed by atoms with Crippen molar-refractivity contribution in [1.82, 2.24) is 10.2 Å². The molecule has 0 aliphatic rings. The van der Waals surface area contributed by atoms with Gasteiger partial charge in [0.05, 0.1) is 0 Å². The summed E-state index contributed by atoms with van der Waals surface area (Å²) < 4.78 is 0. The van der Waals surface area contributed by atoms with Crippen molar-refractivity contribution in [3.8, 4) is 0 Å². The van der Waals surface area contributed by atoms with E-state index in [9.17, 15) is 9.90 Å². The van der Waals surface area contributed by atoms with E-state index in [1.165, 1.54) is 0 Å². The summed E-state index contributed by atoms with van der Waals surface area (Å²) in [5.41, 5.74) is -0.733. The lowest BCUT2D eigenvalue weighted by Crippen LogP contribution is -2.51. The maximum Gasteiger partial charge on any atom is 0.323 e. The molecule has 1 unspecified atom stereocenters. The van der Waals surface area contributed by atoms with Crippen LogP contribution in [0.15, 0.2) is 0 Å². The normalized spacial score (nSPS) is 15.1. The van der Waals surface area contributed by atoms with E-state index >= 15 is 0 Å². The van der Waals surface area contributed by atoms with Crippen LogP contribution in [0.1, 0.15) is 40.0 Å². The predicted octanol–water partition coefficient (Wildman–Crippen LogP) is 1.56. The molecule has 0 spiro atoms. The zero-order valence-corrected chi connectivity index (χ0v) is 11.0. The number of nitrogens with zero attached hydrogens (tertiary/aromatic N) is 1. The second-order valence-corrected chi connectivity index (χ2v) is 4.27. The zero-order valence-electron chi connectivity index (χ0n) is 11.0. The Balaban J connectivity index is 4.26. The molecule has 0 fully saturated rings. The molecule has 0 aliphatic carbocycles.